The van der Waals surface area contributed by atoms with E-state index < -0.39 is 24.1 Å². The number of aromatic nitrogens is 2. The van der Waals surface area contributed by atoms with Crippen molar-refractivity contribution >= 4 is 17.4 Å². The van der Waals surface area contributed by atoms with E-state index in [0.717, 1.165) is 31.5 Å². The molecule has 3 aliphatic carbocycles. The molecule has 3 saturated carbocycles. The number of ether oxygens (including phenoxy) is 1. The number of carbonyl (C=O) groups is 1. The Kier molecular flexibility index (Phi) is 4.86. The summed E-state index contributed by atoms with van der Waals surface area (Å²) in [4.78, 5) is 16.5. The molecule has 7 rings (SSSR count). The number of hydrogen-bond donors (Lipinski definition) is 1. The van der Waals surface area contributed by atoms with Crippen molar-refractivity contribution in [3.05, 3.63) is 64.6 Å². The van der Waals surface area contributed by atoms with Gasteiger partial charge in [0.25, 0.3) is 0 Å². The van der Waals surface area contributed by atoms with Gasteiger partial charge in [-0.3, -0.25) is 9.78 Å². The van der Waals surface area contributed by atoms with Crippen LogP contribution in [-0.4, -0.2) is 27.1 Å². The van der Waals surface area contributed by atoms with Crippen molar-refractivity contribution in [3.8, 4) is 17.0 Å². The van der Waals surface area contributed by atoms with E-state index in [2.05, 4.69) is 10.1 Å². The Labute approximate surface area is 203 Å². The van der Waals surface area contributed by atoms with Crippen LogP contribution in [0.1, 0.15) is 55.2 Å². The van der Waals surface area contributed by atoms with E-state index in [1.807, 2.05) is 0 Å². The highest BCUT2D eigenvalue weighted by molar-refractivity contribution is 6.30. The Hall–Kier alpha value is -2.91. The van der Waals surface area contributed by atoms with E-state index in [1.165, 1.54) is 6.07 Å². The first-order chi connectivity index (χ1) is 16.6. The van der Waals surface area contributed by atoms with Gasteiger partial charge in [-0.05, 0) is 55.0 Å². The molecule has 2 bridgehead atoms. The number of alkyl halides is 3. The number of ketones is 1. The third kappa shape index (κ3) is 3.72. The molecular weight excluding hydrogens is 485 g/mol. The normalized spacial score (nSPS) is 28.9. The van der Waals surface area contributed by atoms with Crippen molar-refractivity contribution in [2.45, 2.75) is 55.9 Å². The third-order valence-corrected chi connectivity index (χ3v) is 7.70. The molecule has 3 aromatic rings. The van der Waals surface area contributed by atoms with Gasteiger partial charge in [0.15, 0.2) is 11.9 Å². The van der Waals surface area contributed by atoms with Crippen molar-refractivity contribution in [2.24, 2.45) is 5.41 Å². The molecule has 0 radical (unpaired) electrons. The summed E-state index contributed by atoms with van der Waals surface area (Å²) in [5, 5.41) is 15.0. The molecule has 35 heavy (non-hydrogen) atoms. The fraction of sp³-hybridized carbons (Fsp3) is 0.400. The maximum atomic E-state index is 13.0. The lowest BCUT2D eigenvalue weighted by atomic mass is 9.33. The Morgan fingerprint density at radius 2 is 1.94 bits per heavy atom. The number of fused-ring (bicyclic) bond motifs is 1. The van der Waals surface area contributed by atoms with E-state index in [-0.39, 0.29) is 23.0 Å². The molecule has 1 aliphatic heterocycles. The monoisotopic (exact) mass is 504 g/mol. The predicted octanol–water partition coefficient (Wildman–Crippen LogP) is 5.67. The average Bonchev–Trinajstić information content (AvgIpc) is 3.25. The number of Topliss-reactive ketones (excluding diaryl/α,β-unsaturated/α-hetero) is 1. The Balaban J connectivity index is 1.09. The van der Waals surface area contributed by atoms with Crippen LogP contribution in [0.2, 0.25) is 5.02 Å². The molecule has 182 valence electrons. The molecular formula is C25H20ClF3N2O4. The molecule has 1 N–H and O–H groups in total. The minimum atomic E-state index is -4.50. The number of rotatable bonds is 5. The number of carbonyl (C=O) groups excluding carboxylic acids is 1. The number of benzene rings is 1. The molecule has 0 unspecified atom stereocenters. The van der Waals surface area contributed by atoms with Gasteiger partial charge < -0.3 is 14.4 Å². The molecule has 4 aliphatic rings. The molecule has 1 aromatic carbocycles. The second kappa shape index (κ2) is 7.54. The highest BCUT2D eigenvalue weighted by Crippen LogP contribution is 2.75. The highest BCUT2D eigenvalue weighted by atomic mass is 35.5. The second-order valence-corrected chi connectivity index (χ2v) is 10.4. The summed E-state index contributed by atoms with van der Waals surface area (Å²) < 4.78 is 49.6. The van der Waals surface area contributed by atoms with Crippen molar-refractivity contribution in [1.82, 2.24) is 10.1 Å². The lowest BCUT2D eigenvalue weighted by Gasteiger charge is -2.69. The van der Waals surface area contributed by atoms with Gasteiger partial charge in [-0.1, -0.05) is 16.8 Å². The van der Waals surface area contributed by atoms with Crippen LogP contribution in [0.3, 0.4) is 0 Å². The summed E-state index contributed by atoms with van der Waals surface area (Å²) in [6.07, 6.45) is -2.00. The molecule has 2 atom stereocenters. The third-order valence-electron chi connectivity index (χ3n) is 7.47. The van der Waals surface area contributed by atoms with E-state index in [0.29, 0.717) is 39.8 Å². The molecule has 0 amide bonds. The maximum absolute atomic E-state index is 13.0. The highest BCUT2D eigenvalue weighted by Gasteiger charge is 2.70. The van der Waals surface area contributed by atoms with Crippen molar-refractivity contribution in [3.63, 3.8) is 0 Å². The summed E-state index contributed by atoms with van der Waals surface area (Å²) in [5.41, 5.74) is 0.196. The van der Waals surface area contributed by atoms with E-state index in [9.17, 15) is 23.1 Å². The number of hydrogen-bond acceptors (Lipinski definition) is 6. The minimum absolute atomic E-state index is 0.0352. The lowest BCUT2D eigenvalue weighted by Crippen LogP contribution is -2.65. The molecule has 6 nitrogen and oxygen atoms in total. The molecule has 0 saturated heterocycles. The summed E-state index contributed by atoms with van der Waals surface area (Å²) in [7, 11) is 0. The van der Waals surface area contributed by atoms with Gasteiger partial charge in [-0.15, -0.1) is 0 Å². The number of halogens is 4. The van der Waals surface area contributed by atoms with Crippen LogP contribution < -0.4 is 4.74 Å². The number of aliphatic hydroxyl groups excluding tert-OH is 1. The summed E-state index contributed by atoms with van der Waals surface area (Å²) in [6.45, 7) is 0. The largest absolute Gasteiger partial charge is 0.482 e. The van der Waals surface area contributed by atoms with Gasteiger partial charge in [0.2, 0.25) is 0 Å². The lowest BCUT2D eigenvalue weighted by molar-refractivity contribution is -0.170. The van der Waals surface area contributed by atoms with Crippen LogP contribution >= 0.6 is 11.6 Å². The first-order valence-corrected chi connectivity index (χ1v) is 11.6. The number of pyridine rings is 1. The van der Waals surface area contributed by atoms with Gasteiger partial charge >= 0.3 is 6.18 Å². The fourth-order valence-electron chi connectivity index (χ4n) is 5.92. The predicted molar refractivity (Wildman–Crippen MR) is 118 cm³/mol. The summed E-state index contributed by atoms with van der Waals surface area (Å²) in [6, 6.07) is 8.98. The molecule has 3 fully saturated rings. The van der Waals surface area contributed by atoms with E-state index in [4.69, 9.17) is 20.9 Å². The number of nitrogens with zero attached hydrogens (tertiary/aromatic N) is 2. The fourth-order valence-corrected chi connectivity index (χ4v) is 6.10. The van der Waals surface area contributed by atoms with Crippen molar-refractivity contribution < 1.29 is 32.3 Å². The van der Waals surface area contributed by atoms with Gasteiger partial charge in [-0.2, -0.15) is 13.2 Å². The van der Waals surface area contributed by atoms with Crippen molar-refractivity contribution in [2.75, 3.05) is 0 Å². The standard InChI is InChI=1S/C25H20ClF3N2O4/c26-14-2-3-19-15(5-14)17(32)7-20(34-19)18(33)8-23-10-24(11-23,12-23)22-6-16(31-35-22)13-1-4-21(30-9-13)25(27,28)29/h1-6,9,17,20,32H,7-8,10-12H2/t17-,20+,23?,24?/m1/s1. The zero-order valence-corrected chi connectivity index (χ0v) is 19.1. The smallest absolute Gasteiger partial charge is 0.433 e. The molecule has 3 heterocycles. The second-order valence-electron chi connectivity index (χ2n) is 10.0. The SMILES string of the molecule is O=C(CC12CC(c3cc(-c4ccc(C(F)(F)F)nc4)no3)(C1)C2)[C@@H]1C[C@@H](O)c2cc(Cl)ccc2O1. The topological polar surface area (TPSA) is 85.5 Å². The van der Waals surface area contributed by atoms with Gasteiger partial charge in [-0.25, -0.2) is 0 Å². The van der Waals surface area contributed by atoms with Crippen LogP contribution in [0.15, 0.2) is 47.1 Å². The van der Waals surface area contributed by atoms with Gasteiger partial charge in [0.1, 0.15) is 22.9 Å². The molecule has 10 heteroatoms. The zero-order chi connectivity index (χ0) is 24.6. The summed E-state index contributed by atoms with van der Waals surface area (Å²) in [5.74, 6) is 1.12. The minimum Gasteiger partial charge on any atom is -0.482 e. The van der Waals surface area contributed by atoms with Gasteiger partial charge in [0, 0.05) is 46.7 Å². The van der Waals surface area contributed by atoms with E-state index in [1.54, 1.807) is 24.3 Å². The average molecular weight is 505 g/mol. The van der Waals surface area contributed by atoms with Crippen LogP contribution in [-0.2, 0) is 16.4 Å². The number of aliphatic hydroxyl groups is 1. The van der Waals surface area contributed by atoms with E-state index >= 15 is 0 Å². The van der Waals surface area contributed by atoms with Gasteiger partial charge in [0.05, 0.1) is 6.10 Å². The Morgan fingerprint density at radius 3 is 2.63 bits per heavy atom. The van der Waals surface area contributed by atoms with Crippen LogP contribution in [0.4, 0.5) is 13.2 Å². The van der Waals surface area contributed by atoms with Crippen molar-refractivity contribution in [1.29, 1.82) is 0 Å². The van der Waals surface area contributed by atoms with Crippen LogP contribution in [0.5, 0.6) is 5.75 Å². The summed E-state index contributed by atoms with van der Waals surface area (Å²) >= 11 is 5.99. The maximum Gasteiger partial charge on any atom is 0.433 e. The first-order valence-electron chi connectivity index (χ1n) is 11.2. The Morgan fingerprint density at radius 1 is 1.17 bits per heavy atom. The zero-order valence-electron chi connectivity index (χ0n) is 18.3. The van der Waals surface area contributed by atoms with Crippen LogP contribution in [0, 0.1) is 5.41 Å². The Bertz CT molecular complexity index is 1300. The molecule has 0 spiro atoms. The van der Waals surface area contributed by atoms with Crippen LogP contribution in [0.25, 0.3) is 11.3 Å². The quantitative estimate of drug-likeness (QED) is 0.481. The first kappa shape index (κ1) is 22.5. The molecule has 2 aromatic heterocycles.